The average molecular weight is 352 g/mol. The number of hydrogen-bond acceptors (Lipinski definition) is 3. The molecule has 1 saturated carbocycles. The van der Waals surface area contributed by atoms with Gasteiger partial charge in [-0.1, -0.05) is 12.8 Å². The van der Waals surface area contributed by atoms with Crippen LogP contribution in [0.1, 0.15) is 36.8 Å². The number of nitriles is 1. The lowest BCUT2D eigenvalue weighted by Crippen LogP contribution is -2.58. The van der Waals surface area contributed by atoms with Crippen molar-refractivity contribution < 1.29 is 31.4 Å². The molecular formula is C15H14F6N2O. The molecule has 3 nitrogen and oxygen atoms in total. The quantitative estimate of drug-likeness (QED) is 0.784. The molecule has 0 aromatic heterocycles. The van der Waals surface area contributed by atoms with Gasteiger partial charge in [0.15, 0.2) is 5.60 Å². The van der Waals surface area contributed by atoms with Crippen molar-refractivity contribution in [3.05, 3.63) is 29.3 Å². The van der Waals surface area contributed by atoms with Gasteiger partial charge < -0.3 is 10.4 Å². The molecule has 2 rings (SSSR count). The van der Waals surface area contributed by atoms with Gasteiger partial charge in [-0.15, -0.1) is 0 Å². The number of halogens is 6. The number of aliphatic hydroxyl groups is 1. The number of benzene rings is 1. The van der Waals surface area contributed by atoms with Gasteiger partial charge >= 0.3 is 12.4 Å². The highest BCUT2D eigenvalue weighted by Crippen LogP contribution is 2.43. The van der Waals surface area contributed by atoms with Gasteiger partial charge in [-0.3, -0.25) is 0 Å². The van der Waals surface area contributed by atoms with Crippen LogP contribution in [0.3, 0.4) is 0 Å². The first kappa shape index (κ1) is 18.4. The highest BCUT2D eigenvalue weighted by atomic mass is 19.4. The Morgan fingerprint density at radius 3 is 2.38 bits per heavy atom. The molecule has 0 spiro atoms. The summed E-state index contributed by atoms with van der Waals surface area (Å²) in [5.74, 6) is 0. The summed E-state index contributed by atoms with van der Waals surface area (Å²) in [6, 6.07) is 2.51. The maximum absolute atomic E-state index is 13.2. The second kappa shape index (κ2) is 6.16. The van der Waals surface area contributed by atoms with Crippen molar-refractivity contribution in [3.63, 3.8) is 0 Å². The molecule has 1 aromatic rings. The molecule has 0 aliphatic heterocycles. The van der Waals surface area contributed by atoms with E-state index in [4.69, 9.17) is 5.26 Å². The Morgan fingerprint density at radius 1 is 1.17 bits per heavy atom. The molecular weight excluding hydrogens is 338 g/mol. The predicted octanol–water partition coefficient (Wildman–Crippen LogP) is 4.22. The zero-order chi connectivity index (χ0) is 18.2. The van der Waals surface area contributed by atoms with E-state index in [9.17, 15) is 31.4 Å². The van der Waals surface area contributed by atoms with Gasteiger partial charge in [0, 0.05) is 5.69 Å². The molecule has 1 fully saturated rings. The molecule has 0 bridgehead atoms. The normalized spacial score (nSPS) is 25.2. The second-order valence-electron chi connectivity index (χ2n) is 5.73. The van der Waals surface area contributed by atoms with Crippen LogP contribution < -0.4 is 5.32 Å². The third kappa shape index (κ3) is 3.43. The second-order valence-corrected chi connectivity index (χ2v) is 5.73. The standard InChI is InChI=1S/C15H14F6N2O/c16-14(17,18)11-7-10(5-4-9(11)8-22)23-12-3-1-2-6-13(12,24)15(19,20)21/h4-5,7,12,23-24H,1-3,6H2. The van der Waals surface area contributed by atoms with Crippen LogP contribution in [-0.2, 0) is 6.18 Å². The maximum atomic E-state index is 13.2. The summed E-state index contributed by atoms with van der Waals surface area (Å²) in [4.78, 5) is 0. The van der Waals surface area contributed by atoms with Crippen molar-refractivity contribution in [2.45, 2.75) is 49.7 Å². The summed E-state index contributed by atoms with van der Waals surface area (Å²) >= 11 is 0. The number of nitrogens with zero attached hydrogens (tertiary/aromatic N) is 1. The lowest BCUT2D eigenvalue weighted by Gasteiger charge is -2.41. The topological polar surface area (TPSA) is 56.0 Å². The molecule has 132 valence electrons. The molecule has 0 radical (unpaired) electrons. The van der Waals surface area contributed by atoms with E-state index in [-0.39, 0.29) is 18.5 Å². The number of nitrogens with one attached hydrogen (secondary N) is 1. The van der Waals surface area contributed by atoms with Gasteiger partial charge in [-0.25, -0.2) is 0 Å². The van der Waals surface area contributed by atoms with E-state index in [0.717, 1.165) is 12.1 Å². The molecule has 1 aliphatic carbocycles. The summed E-state index contributed by atoms with van der Waals surface area (Å²) in [6.45, 7) is 0. The molecule has 9 heteroatoms. The predicted molar refractivity (Wildman–Crippen MR) is 73.0 cm³/mol. The fraction of sp³-hybridized carbons (Fsp3) is 0.533. The molecule has 2 atom stereocenters. The largest absolute Gasteiger partial charge is 0.419 e. The first-order valence-electron chi connectivity index (χ1n) is 7.16. The van der Waals surface area contributed by atoms with E-state index in [2.05, 4.69) is 5.32 Å². The molecule has 1 aromatic carbocycles. The Balaban J connectivity index is 2.35. The molecule has 24 heavy (non-hydrogen) atoms. The first-order valence-corrected chi connectivity index (χ1v) is 7.16. The molecule has 1 aliphatic rings. The Kier molecular flexibility index (Phi) is 4.72. The fourth-order valence-electron chi connectivity index (χ4n) is 2.85. The minimum atomic E-state index is -4.90. The zero-order valence-electron chi connectivity index (χ0n) is 12.3. The average Bonchev–Trinajstić information content (AvgIpc) is 2.47. The van der Waals surface area contributed by atoms with Gasteiger partial charge in [0.2, 0.25) is 0 Å². The van der Waals surface area contributed by atoms with Crippen LogP contribution in [0.15, 0.2) is 18.2 Å². The molecule has 0 amide bonds. The lowest BCUT2D eigenvalue weighted by atomic mass is 9.79. The summed E-state index contributed by atoms with van der Waals surface area (Å²) in [5, 5.41) is 21.1. The van der Waals surface area contributed by atoms with E-state index >= 15 is 0 Å². The van der Waals surface area contributed by atoms with Crippen LogP contribution >= 0.6 is 0 Å². The van der Waals surface area contributed by atoms with E-state index in [0.29, 0.717) is 12.5 Å². The van der Waals surface area contributed by atoms with Crippen LogP contribution in [0.2, 0.25) is 0 Å². The van der Waals surface area contributed by atoms with Gasteiger partial charge in [-0.05, 0) is 31.0 Å². The Bertz CT molecular complexity index is 649. The first-order chi connectivity index (χ1) is 11.0. The van der Waals surface area contributed by atoms with E-state index in [1.54, 1.807) is 0 Å². The van der Waals surface area contributed by atoms with Crippen LogP contribution in [0.5, 0.6) is 0 Å². The van der Waals surface area contributed by atoms with Crippen molar-refractivity contribution in [2.24, 2.45) is 0 Å². The van der Waals surface area contributed by atoms with Gasteiger partial charge in [0.25, 0.3) is 0 Å². The van der Waals surface area contributed by atoms with Crippen LogP contribution in [0, 0.1) is 11.3 Å². The summed E-state index contributed by atoms with van der Waals surface area (Å²) < 4.78 is 78.2. The number of rotatable bonds is 2. The fourth-order valence-corrected chi connectivity index (χ4v) is 2.85. The van der Waals surface area contributed by atoms with Crippen molar-refractivity contribution in [2.75, 3.05) is 5.32 Å². The molecule has 2 unspecified atom stereocenters. The summed E-state index contributed by atoms with van der Waals surface area (Å²) in [6.07, 6.45) is -9.66. The molecule has 2 N–H and O–H groups in total. The van der Waals surface area contributed by atoms with Gasteiger partial charge in [0.1, 0.15) is 0 Å². The third-order valence-corrected chi connectivity index (χ3v) is 4.15. The van der Waals surface area contributed by atoms with Gasteiger partial charge in [-0.2, -0.15) is 31.6 Å². The number of hydrogen-bond donors (Lipinski definition) is 2. The molecule has 0 heterocycles. The van der Waals surface area contributed by atoms with Crippen LogP contribution in [0.25, 0.3) is 0 Å². The zero-order valence-corrected chi connectivity index (χ0v) is 12.3. The summed E-state index contributed by atoms with van der Waals surface area (Å²) in [7, 11) is 0. The lowest BCUT2D eigenvalue weighted by molar-refractivity contribution is -0.272. The maximum Gasteiger partial charge on any atom is 0.419 e. The Labute approximate surface area is 133 Å². The van der Waals surface area contributed by atoms with Crippen molar-refractivity contribution in [3.8, 4) is 6.07 Å². The van der Waals surface area contributed by atoms with E-state index in [1.807, 2.05) is 0 Å². The van der Waals surface area contributed by atoms with E-state index < -0.39 is 41.5 Å². The molecule has 0 saturated heterocycles. The number of alkyl halides is 6. The van der Waals surface area contributed by atoms with Gasteiger partial charge in [0.05, 0.1) is 23.2 Å². The Hall–Kier alpha value is -1.95. The van der Waals surface area contributed by atoms with Crippen molar-refractivity contribution in [1.29, 1.82) is 5.26 Å². The van der Waals surface area contributed by atoms with Crippen LogP contribution in [-0.4, -0.2) is 22.9 Å². The SMILES string of the molecule is N#Cc1ccc(NC2CCCCC2(O)C(F)(F)F)cc1C(F)(F)F. The van der Waals surface area contributed by atoms with Crippen molar-refractivity contribution >= 4 is 5.69 Å². The number of anilines is 1. The third-order valence-electron chi connectivity index (χ3n) is 4.15. The Morgan fingerprint density at radius 2 is 1.83 bits per heavy atom. The monoisotopic (exact) mass is 352 g/mol. The van der Waals surface area contributed by atoms with Crippen LogP contribution in [0.4, 0.5) is 32.0 Å². The van der Waals surface area contributed by atoms with Crippen molar-refractivity contribution in [1.82, 2.24) is 0 Å². The smallest absolute Gasteiger partial charge is 0.379 e. The highest BCUT2D eigenvalue weighted by Gasteiger charge is 2.59. The van der Waals surface area contributed by atoms with E-state index in [1.165, 1.54) is 6.07 Å². The minimum absolute atomic E-state index is 0.0304. The highest BCUT2D eigenvalue weighted by molar-refractivity contribution is 5.54. The summed E-state index contributed by atoms with van der Waals surface area (Å²) in [5.41, 5.74) is -5.09. The minimum Gasteiger partial charge on any atom is -0.379 e.